The largest absolute Gasteiger partial charge is 0.334 e. The van der Waals surface area contributed by atoms with E-state index in [4.69, 9.17) is 5.26 Å². The zero-order valence-electron chi connectivity index (χ0n) is 13.5. The van der Waals surface area contributed by atoms with E-state index in [-0.39, 0.29) is 0 Å². The first-order valence-corrected chi connectivity index (χ1v) is 8.57. The van der Waals surface area contributed by atoms with Crippen LogP contribution < -0.4 is 4.90 Å². The minimum atomic E-state index is 0.534. The summed E-state index contributed by atoms with van der Waals surface area (Å²) in [7, 11) is 0. The molecule has 3 heteroatoms. The topological polar surface area (TPSA) is 33.2 Å². The second-order valence-corrected chi connectivity index (χ2v) is 7.13. The lowest BCUT2D eigenvalue weighted by atomic mass is 9.89. The van der Waals surface area contributed by atoms with E-state index in [1.165, 1.54) is 40.6 Å². The SMILES string of the molecule is CC(C)c1ccc2c(c1)c1c3n2CC[NH+](CC#N)C3CCC1. The lowest BCUT2D eigenvalue weighted by Gasteiger charge is -2.35. The average Bonchev–Trinajstić information content (AvgIpc) is 2.85. The third-order valence-electron chi connectivity index (χ3n) is 5.61. The van der Waals surface area contributed by atoms with Crippen LogP contribution in [0.4, 0.5) is 0 Å². The van der Waals surface area contributed by atoms with Crippen molar-refractivity contribution in [3.05, 3.63) is 35.0 Å². The fourth-order valence-corrected chi connectivity index (χ4v) is 4.48. The Morgan fingerprint density at radius 3 is 3.05 bits per heavy atom. The molecule has 0 fully saturated rings. The molecule has 0 saturated heterocycles. The molecule has 1 N–H and O–H groups in total. The molecule has 114 valence electrons. The van der Waals surface area contributed by atoms with Crippen molar-refractivity contribution in [2.24, 2.45) is 0 Å². The molecule has 1 aliphatic heterocycles. The number of rotatable bonds is 2. The summed E-state index contributed by atoms with van der Waals surface area (Å²) in [6.07, 6.45) is 3.70. The summed E-state index contributed by atoms with van der Waals surface area (Å²) in [4.78, 5) is 1.47. The Labute approximate surface area is 132 Å². The van der Waals surface area contributed by atoms with Gasteiger partial charge in [-0.15, -0.1) is 0 Å². The van der Waals surface area contributed by atoms with Gasteiger partial charge in [-0.2, -0.15) is 5.26 Å². The Hall–Kier alpha value is -1.79. The first-order chi connectivity index (χ1) is 10.7. The van der Waals surface area contributed by atoms with Gasteiger partial charge in [-0.3, -0.25) is 0 Å². The summed E-state index contributed by atoms with van der Waals surface area (Å²) in [6, 6.07) is 9.97. The maximum absolute atomic E-state index is 9.13. The Balaban J connectivity index is 1.92. The lowest BCUT2D eigenvalue weighted by Crippen LogP contribution is -3.13. The van der Waals surface area contributed by atoms with Crippen molar-refractivity contribution in [2.45, 2.75) is 51.6 Å². The van der Waals surface area contributed by atoms with Gasteiger partial charge in [0.25, 0.3) is 0 Å². The van der Waals surface area contributed by atoms with Gasteiger partial charge in [0, 0.05) is 17.3 Å². The molecule has 2 atom stereocenters. The van der Waals surface area contributed by atoms with E-state index in [2.05, 4.69) is 42.7 Å². The molecule has 1 aromatic carbocycles. The number of hydrogen-bond acceptors (Lipinski definition) is 1. The molecule has 0 radical (unpaired) electrons. The number of quaternary nitrogens is 1. The highest BCUT2D eigenvalue weighted by Gasteiger charge is 2.37. The van der Waals surface area contributed by atoms with Crippen LogP contribution >= 0.6 is 0 Å². The van der Waals surface area contributed by atoms with Gasteiger partial charge in [0.2, 0.25) is 0 Å². The second kappa shape index (κ2) is 5.14. The summed E-state index contributed by atoms with van der Waals surface area (Å²) in [5.74, 6) is 0.577. The number of benzene rings is 1. The van der Waals surface area contributed by atoms with Crippen LogP contribution in [0.1, 0.15) is 55.5 Å². The van der Waals surface area contributed by atoms with E-state index < -0.39 is 0 Å². The van der Waals surface area contributed by atoms with Crippen molar-refractivity contribution < 1.29 is 4.90 Å². The molecule has 2 aliphatic rings. The normalized spacial score (nSPS) is 23.5. The molecule has 3 nitrogen and oxygen atoms in total. The minimum Gasteiger partial charge on any atom is -0.334 e. The molecule has 0 amide bonds. The first kappa shape index (κ1) is 13.8. The van der Waals surface area contributed by atoms with E-state index in [0.29, 0.717) is 18.5 Å². The van der Waals surface area contributed by atoms with Crippen molar-refractivity contribution in [2.75, 3.05) is 13.1 Å². The van der Waals surface area contributed by atoms with E-state index >= 15 is 0 Å². The molecule has 0 spiro atoms. The van der Waals surface area contributed by atoms with Gasteiger partial charge in [-0.25, -0.2) is 0 Å². The predicted molar refractivity (Wildman–Crippen MR) is 88.0 cm³/mol. The molecular formula is C19H24N3+. The molecule has 22 heavy (non-hydrogen) atoms. The van der Waals surface area contributed by atoms with Crippen molar-refractivity contribution in [1.82, 2.24) is 4.57 Å². The fourth-order valence-electron chi connectivity index (χ4n) is 4.48. The Morgan fingerprint density at radius 2 is 2.27 bits per heavy atom. The van der Waals surface area contributed by atoms with Crippen LogP contribution in [0.3, 0.4) is 0 Å². The zero-order chi connectivity index (χ0) is 15.3. The third-order valence-corrected chi connectivity index (χ3v) is 5.61. The van der Waals surface area contributed by atoms with Gasteiger partial charge in [0.05, 0.1) is 18.8 Å². The van der Waals surface area contributed by atoms with Crippen LogP contribution in [0.15, 0.2) is 18.2 Å². The van der Waals surface area contributed by atoms with E-state index in [0.717, 1.165) is 13.1 Å². The fraction of sp³-hybridized carbons (Fsp3) is 0.526. The monoisotopic (exact) mass is 294 g/mol. The molecule has 2 unspecified atom stereocenters. The average molecular weight is 294 g/mol. The standard InChI is InChI=1S/C19H23N3/c1-13(2)14-6-7-17-16(12-14)15-4-3-5-18-19(15)22(17)11-10-21(18)9-8-20/h6-7,12-13,18H,3-5,9-11H2,1-2H3/p+1. The van der Waals surface area contributed by atoms with Gasteiger partial charge < -0.3 is 9.47 Å². The molecule has 0 saturated carbocycles. The first-order valence-electron chi connectivity index (χ1n) is 8.57. The van der Waals surface area contributed by atoms with Gasteiger partial charge in [0.1, 0.15) is 12.1 Å². The molecule has 1 aliphatic carbocycles. The Morgan fingerprint density at radius 1 is 1.41 bits per heavy atom. The highest BCUT2D eigenvalue weighted by atomic mass is 15.2. The maximum atomic E-state index is 9.13. The van der Waals surface area contributed by atoms with Gasteiger partial charge in [-0.05, 0) is 42.0 Å². The van der Waals surface area contributed by atoms with Crippen LogP contribution in [0, 0.1) is 11.3 Å². The third kappa shape index (κ3) is 1.90. The van der Waals surface area contributed by atoms with Crippen molar-refractivity contribution >= 4 is 10.9 Å². The van der Waals surface area contributed by atoms with E-state index in [1.807, 2.05) is 0 Å². The molecule has 1 aromatic heterocycles. The Kier molecular flexibility index (Phi) is 3.23. The van der Waals surface area contributed by atoms with Gasteiger partial charge in [-0.1, -0.05) is 19.9 Å². The van der Waals surface area contributed by atoms with Crippen LogP contribution in [-0.4, -0.2) is 17.7 Å². The van der Waals surface area contributed by atoms with Crippen LogP contribution in [0.25, 0.3) is 10.9 Å². The number of aryl methyl sites for hydroxylation is 1. The van der Waals surface area contributed by atoms with Crippen molar-refractivity contribution in [1.29, 1.82) is 5.26 Å². The molecule has 4 rings (SSSR count). The van der Waals surface area contributed by atoms with Gasteiger partial charge >= 0.3 is 0 Å². The number of nitrogens with one attached hydrogen (secondary N) is 1. The van der Waals surface area contributed by atoms with Crippen LogP contribution in [0.5, 0.6) is 0 Å². The van der Waals surface area contributed by atoms with Crippen molar-refractivity contribution in [3.63, 3.8) is 0 Å². The number of fused-ring (bicyclic) bond motifs is 3. The number of nitrogens with zero attached hydrogens (tertiary/aromatic N) is 2. The maximum Gasteiger partial charge on any atom is 0.165 e. The predicted octanol–water partition coefficient (Wildman–Crippen LogP) is 2.56. The number of hydrogen-bond donors (Lipinski definition) is 1. The summed E-state index contributed by atoms with van der Waals surface area (Å²) in [6.45, 7) is 7.32. The quantitative estimate of drug-likeness (QED) is 0.849. The molecular weight excluding hydrogens is 270 g/mol. The van der Waals surface area contributed by atoms with Crippen LogP contribution in [0.2, 0.25) is 0 Å². The molecule has 0 bridgehead atoms. The van der Waals surface area contributed by atoms with Crippen LogP contribution in [-0.2, 0) is 13.0 Å². The van der Waals surface area contributed by atoms with Crippen molar-refractivity contribution in [3.8, 4) is 6.07 Å². The second-order valence-electron chi connectivity index (χ2n) is 7.13. The summed E-state index contributed by atoms with van der Waals surface area (Å²) < 4.78 is 2.56. The number of aromatic nitrogens is 1. The van der Waals surface area contributed by atoms with E-state index in [9.17, 15) is 0 Å². The summed E-state index contributed by atoms with van der Waals surface area (Å²) in [5.41, 5.74) is 5.97. The van der Waals surface area contributed by atoms with E-state index in [1.54, 1.807) is 11.3 Å². The zero-order valence-corrected chi connectivity index (χ0v) is 13.5. The lowest BCUT2D eigenvalue weighted by molar-refractivity contribution is -0.930. The smallest absolute Gasteiger partial charge is 0.165 e. The highest BCUT2D eigenvalue weighted by molar-refractivity contribution is 5.87. The minimum absolute atomic E-state index is 0.534. The summed E-state index contributed by atoms with van der Waals surface area (Å²) in [5, 5.41) is 10.6. The number of nitriles is 1. The Bertz CT molecular complexity index is 763. The molecule has 2 aromatic rings. The molecule has 2 heterocycles. The van der Waals surface area contributed by atoms with Gasteiger partial charge in [0.15, 0.2) is 6.54 Å². The summed E-state index contributed by atoms with van der Waals surface area (Å²) >= 11 is 0. The highest BCUT2D eigenvalue weighted by Crippen LogP contribution is 2.38.